The van der Waals surface area contributed by atoms with Crippen molar-refractivity contribution in [1.29, 1.82) is 0 Å². The molecule has 1 aliphatic rings. The van der Waals surface area contributed by atoms with Crippen molar-refractivity contribution in [2.24, 2.45) is 0 Å². The lowest BCUT2D eigenvalue weighted by molar-refractivity contribution is 0.0543. The van der Waals surface area contributed by atoms with Gasteiger partial charge in [-0.1, -0.05) is 47.5 Å². The van der Waals surface area contributed by atoms with Crippen LogP contribution < -0.4 is 4.74 Å². The molecule has 0 saturated carbocycles. The van der Waals surface area contributed by atoms with Gasteiger partial charge >= 0.3 is 0 Å². The molecular formula is C27H30O3. The molecule has 0 saturated heterocycles. The molecule has 0 spiro atoms. The Balaban J connectivity index is 1.58. The smallest absolute Gasteiger partial charge is 0.122 e. The van der Waals surface area contributed by atoms with Crippen LogP contribution in [0.1, 0.15) is 27.8 Å². The Hall–Kier alpha value is -2.62. The summed E-state index contributed by atoms with van der Waals surface area (Å²) in [4.78, 5) is 0. The first-order valence-corrected chi connectivity index (χ1v) is 10.6. The summed E-state index contributed by atoms with van der Waals surface area (Å²) in [6, 6.07) is 18.0. The van der Waals surface area contributed by atoms with Crippen LogP contribution >= 0.6 is 0 Å². The van der Waals surface area contributed by atoms with Crippen LogP contribution in [-0.4, -0.2) is 33.5 Å². The van der Waals surface area contributed by atoms with Gasteiger partial charge in [-0.3, -0.25) is 0 Å². The number of methoxy groups -OCH3 is 1. The van der Waals surface area contributed by atoms with E-state index in [1.165, 1.54) is 44.5 Å². The van der Waals surface area contributed by atoms with E-state index >= 15 is 0 Å². The summed E-state index contributed by atoms with van der Waals surface area (Å²) >= 11 is 0. The van der Waals surface area contributed by atoms with Crippen molar-refractivity contribution in [3.05, 3.63) is 76.3 Å². The van der Waals surface area contributed by atoms with Gasteiger partial charge in [0.2, 0.25) is 0 Å². The standard InChI is InChI=1S/C27H30O3/c1-18-5-7-24-22(13-18)17-23-14-19(2)15-25(27(23)24)21-6-8-26(20(3)16-21)30-12-11-29-10-9-28-4/h5-8,13-16H,9-12,17H2,1-4H3. The summed E-state index contributed by atoms with van der Waals surface area (Å²) in [6.07, 6.45) is 1.02. The molecule has 30 heavy (non-hydrogen) atoms. The minimum atomic E-state index is 0.538. The number of aryl methyl sites for hydroxylation is 3. The van der Waals surface area contributed by atoms with Crippen molar-refractivity contribution in [2.45, 2.75) is 27.2 Å². The fraction of sp³-hybridized carbons (Fsp3) is 0.333. The summed E-state index contributed by atoms with van der Waals surface area (Å²) in [7, 11) is 1.67. The van der Waals surface area contributed by atoms with Crippen molar-refractivity contribution in [3.63, 3.8) is 0 Å². The van der Waals surface area contributed by atoms with Crippen molar-refractivity contribution >= 4 is 0 Å². The van der Waals surface area contributed by atoms with Crippen LogP contribution in [0.4, 0.5) is 0 Å². The molecule has 0 N–H and O–H groups in total. The number of rotatable bonds is 8. The monoisotopic (exact) mass is 402 g/mol. The van der Waals surface area contributed by atoms with Gasteiger partial charge in [0.05, 0.1) is 19.8 Å². The van der Waals surface area contributed by atoms with Crippen molar-refractivity contribution in [3.8, 4) is 28.0 Å². The highest BCUT2D eigenvalue weighted by atomic mass is 16.5. The van der Waals surface area contributed by atoms with E-state index in [4.69, 9.17) is 14.2 Å². The number of hydrogen-bond donors (Lipinski definition) is 0. The van der Waals surface area contributed by atoms with E-state index in [9.17, 15) is 0 Å². The molecule has 3 nitrogen and oxygen atoms in total. The largest absolute Gasteiger partial charge is 0.491 e. The predicted octanol–water partition coefficient (Wildman–Crippen LogP) is 5.89. The summed E-state index contributed by atoms with van der Waals surface area (Å²) in [5.41, 5.74) is 11.9. The second kappa shape index (κ2) is 9.03. The van der Waals surface area contributed by atoms with Gasteiger partial charge in [-0.15, -0.1) is 0 Å². The van der Waals surface area contributed by atoms with Crippen LogP contribution in [0.25, 0.3) is 22.3 Å². The molecule has 0 unspecified atom stereocenters. The number of hydrogen-bond acceptors (Lipinski definition) is 3. The molecule has 0 atom stereocenters. The van der Waals surface area contributed by atoms with Gasteiger partial charge in [-0.05, 0) is 78.3 Å². The molecule has 0 amide bonds. The highest BCUT2D eigenvalue weighted by Crippen LogP contribution is 2.44. The molecule has 0 heterocycles. The molecule has 0 aromatic heterocycles. The van der Waals surface area contributed by atoms with Gasteiger partial charge in [0, 0.05) is 7.11 Å². The van der Waals surface area contributed by atoms with Crippen molar-refractivity contribution in [2.75, 3.05) is 33.5 Å². The van der Waals surface area contributed by atoms with E-state index in [0.29, 0.717) is 26.4 Å². The SMILES string of the molecule is COCCOCCOc1ccc(-c2cc(C)cc3c2-c2ccc(C)cc2C3)cc1C. The maximum absolute atomic E-state index is 5.93. The zero-order valence-corrected chi connectivity index (χ0v) is 18.4. The molecular weight excluding hydrogens is 372 g/mol. The maximum Gasteiger partial charge on any atom is 0.122 e. The summed E-state index contributed by atoms with van der Waals surface area (Å²) in [5, 5.41) is 0. The van der Waals surface area contributed by atoms with Gasteiger partial charge in [-0.25, -0.2) is 0 Å². The van der Waals surface area contributed by atoms with Gasteiger partial charge < -0.3 is 14.2 Å². The molecule has 3 aromatic rings. The van der Waals surface area contributed by atoms with Gasteiger partial charge in [0.1, 0.15) is 12.4 Å². The lowest BCUT2D eigenvalue weighted by Crippen LogP contribution is -2.10. The number of ether oxygens (including phenoxy) is 3. The Morgan fingerprint density at radius 2 is 1.53 bits per heavy atom. The normalized spacial score (nSPS) is 12.0. The molecule has 156 valence electrons. The molecule has 0 radical (unpaired) electrons. The molecule has 4 rings (SSSR count). The van der Waals surface area contributed by atoms with Gasteiger partial charge in [-0.2, -0.15) is 0 Å². The Kier molecular flexibility index (Phi) is 6.21. The van der Waals surface area contributed by atoms with Gasteiger partial charge in [0.25, 0.3) is 0 Å². The second-order valence-electron chi connectivity index (χ2n) is 8.12. The third-order valence-corrected chi connectivity index (χ3v) is 5.68. The Bertz CT molecular complexity index is 1050. The number of benzene rings is 3. The van der Waals surface area contributed by atoms with E-state index in [-0.39, 0.29) is 0 Å². The quantitative estimate of drug-likeness (QED) is 0.344. The van der Waals surface area contributed by atoms with Crippen LogP contribution in [0.3, 0.4) is 0 Å². The molecule has 3 heteroatoms. The van der Waals surface area contributed by atoms with Crippen LogP contribution in [0.2, 0.25) is 0 Å². The van der Waals surface area contributed by atoms with Crippen LogP contribution in [0.15, 0.2) is 48.5 Å². The summed E-state index contributed by atoms with van der Waals surface area (Å²) in [5.74, 6) is 0.911. The second-order valence-corrected chi connectivity index (χ2v) is 8.12. The third kappa shape index (κ3) is 4.28. The van der Waals surface area contributed by atoms with Gasteiger partial charge in [0.15, 0.2) is 0 Å². The highest BCUT2D eigenvalue weighted by molar-refractivity contribution is 5.91. The Labute approximate surface area is 179 Å². The van der Waals surface area contributed by atoms with Crippen LogP contribution in [0.5, 0.6) is 5.75 Å². The first-order chi connectivity index (χ1) is 14.6. The van der Waals surface area contributed by atoms with Crippen molar-refractivity contribution < 1.29 is 14.2 Å². The summed E-state index contributed by atoms with van der Waals surface area (Å²) < 4.78 is 16.4. The van der Waals surface area contributed by atoms with Crippen LogP contribution in [0, 0.1) is 20.8 Å². The predicted molar refractivity (Wildman–Crippen MR) is 123 cm³/mol. The number of fused-ring (bicyclic) bond motifs is 3. The van der Waals surface area contributed by atoms with E-state index in [0.717, 1.165) is 17.7 Å². The lowest BCUT2D eigenvalue weighted by atomic mass is 9.91. The maximum atomic E-state index is 5.93. The Morgan fingerprint density at radius 3 is 2.33 bits per heavy atom. The van der Waals surface area contributed by atoms with E-state index in [1.54, 1.807) is 7.11 Å². The first kappa shape index (κ1) is 20.6. The average Bonchev–Trinajstić information content (AvgIpc) is 3.07. The zero-order chi connectivity index (χ0) is 21.1. The fourth-order valence-corrected chi connectivity index (χ4v) is 4.30. The molecule has 0 aliphatic heterocycles. The average molecular weight is 403 g/mol. The van der Waals surface area contributed by atoms with Crippen LogP contribution in [-0.2, 0) is 15.9 Å². The first-order valence-electron chi connectivity index (χ1n) is 10.6. The molecule has 0 bridgehead atoms. The van der Waals surface area contributed by atoms with E-state index < -0.39 is 0 Å². The third-order valence-electron chi connectivity index (χ3n) is 5.68. The molecule has 1 aliphatic carbocycles. The highest BCUT2D eigenvalue weighted by Gasteiger charge is 2.23. The van der Waals surface area contributed by atoms with E-state index in [1.807, 2.05) is 0 Å². The Morgan fingerprint density at radius 1 is 0.733 bits per heavy atom. The zero-order valence-electron chi connectivity index (χ0n) is 18.4. The van der Waals surface area contributed by atoms with Crippen molar-refractivity contribution in [1.82, 2.24) is 0 Å². The summed E-state index contributed by atoms with van der Waals surface area (Å²) in [6.45, 7) is 8.76. The topological polar surface area (TPSA) is 27.7 Å². The minimum Gasteiger partial charge on any atom is -0.491 e. The molecule has 3 aromatic carbocycles. The fourth-order valence-electron chi connectivity index (χ4n) is 4.30. The minimum absolute atomic E-state index is 0.538. The molecule has 0 fully saturated rings. The lowest BCUT2D eigenvalue weighted by Gasteiger charge is -2.15. The van der Waals surface area contributed by atoms with E-state index in [2.05, 4.69) is 69.3 Å².